The number of carbonyl (C=O) groups is 2. The van der Waals surface area contributed by atoms with Gasteiger partial charge in [0.1, 0.15) is 11.6 Å². The summed E-state index contributed by atoms with van der Waals surface area (Å²) in [6.45, 7) is 1.68. The van der Waals surface area contributed by atoms with Crippen LogP contribution in [0.15, 0.2) is 42.5 Å². The number of carbonyl (C=O) groups excluding carboxylic acids is 2. The zero-order valence-corrected chi connectivity index (χ0v) is 14.0. The third-order valence-corrected chi connectivity index (χ3v) is 3.67. The first kappa shape index (κ1) is 18.7. The summed E-state index contributed by atoms with van der Waals surface area (Å²) in [5, 5.41) is 2.53. The molecule has 0 saturated heterocycles. The Balaban J connectivity index is 1.80. The first-order chi connectivity index (χ1) is 11.8. The van der Waals surface area contributed by atoms with Gasteiger partial charge in [-0.05, 0) is 42.3 Å². The van der Waals surface area contributed by atoms with Gasteiger partial charge >= 0.3 is 6.03 Å². The molecular weight excluding hydrogens is 352 g/mol. The molecule has 5 nitrogen and oxygen atoms in total. The monoisotopic (exact) mass is 367 g/mol. The lowest BCUT2D eigenvalue weighted by molar-refractivity contribution is -0.121. The summed E-state index contributed by atoms with van der Waals surface area (Å²) in [6.07, 6.45) is -0.0102. The molecule has 2 aromatic rings. The molecule has 3 N–H and O–H groups in total. The number of benzene rings is 2. The van der Waals surface area contributed by atoms with Crippen molar-refractivity contribution in [2.75, 3.05) is 0 Å². The number of urea groups is 1. The van der Waals surface area contributed by atoms with Gasteiger partial charge in [-0.25, -0.2) is 19.0 Å². The van der Waals surface area contributed by atoms with Crippen LogP contribution in [0.2, 0.25) is 5.02 Å². The average molecular weight is 368 g/mol. The van der Waals surface area contributed by atoms with Crippen molar-refractivity contribution in [1.82, 2.24) is 16.2 Å². The molecule has 1 unspecified atom stereocenters. The van der Waals surface area contributed by atoms with Gasteiger partial charge in [-0.15, -0.1) is 0 Å². The van der Waals surface area contributed by atoms with E-state index in [9.17, 15) is 18.4 Å². The Morgan fingerprint density at radius 1 is 1.08 bits per heavy atom. The number of nitrogens with one attached hydrogen (secondary N) is 3. The SMILES string of the molecule is CC(NC(=O)NNC(=O)Cc1ccc(F)cc1)c1ccc(F)c(Cl)c1. The summed E-state index contributed by atoms with van der Waals surface area (Å²) in [5.41, 5.74) is 5.67. The van der Waals surface area contributed by atoms with E-state index in [1.807, 2.05) is 0 Å². The molecule has 0 spiro atoms. The Bertz CT molecular complexity index is 769. The van der Waals surface area contributed by atoms with Crippen molar-refractivity contribution in [3.63, 3.8) is 0 Å². The lowest BCUT2D eigenvalue weighted by atomic mass is 10.1. The van der Waals surface area contributed by atoms with E-state index in [1.165, 1.54) is 42.5 Å². The lowest BCUT2D eigenvalue weighted by Crippen LogP contribution is -2.48. The van der Waals surface area contributed by atoms with Crippen LogP contribution in [0.4, 0.5) is 13.6 Å². The van der Waals surface area contributed by atoms with Gasteiger partial charge in [0.05, 0.1) is 17.5 Å². The molecule has 3 amide bonds. The minimum atomic E-state index is -0.639. The predicted molar refractivity (Wildman–Crippen MR) is 89.7 cm³/mol. The van der Waals surface area contributed by atoms with Crippen LogP contribution < -0.4 is 16.2 Å². The van der Waals surface area contributed by atoms with E-state index in [2.05, 4.69) is 16.2 Å². The number of rotatable bonds is 4. The van der Waals surface area contributed by atoms with Crippen molar-refractivity contribution in [2.45, 2.75) is 19.4 Å². The highest BCUT2D eigenvalue weighted by Crippen LogP contribution is 2.20. The minimum absolute atomic E-state index is 0.0102. The van der Waals surface area contributed by atoms with Crippen molar-refractivity contribution in [3.05, 3.63) is 70.2 Å². The second-order valence-electron chi connectivity index (χ2n) is 5.35. The second kappa shape index (κ2) is 8.43. The molecule has 0 heterocycles. The third-order valence-electron chi connectivity index (χ3n) is 3.38. The number of hydrogen-bond acceptors (Lipinski definition) is 2. The van der Waals surface area contributed by atoms with E-state index in [0.717, 1.165) is 0 Å². The molecule has 0 aromatic heterocycles. The largest absolute Gasteiger partial charge is 0.333 e. The zero-order valence-electron chi connectivity index (χ0n) is 13.3. The Kier molecular flexibility index (Phi) is 6.30. The molecule has 0 bridgehead atoms. The molecule has 0 aliphatic carbocycles. The highest BCUT2D eigenvalue weighted by molar-refractivity contribution is 6.30. The van der Waals surface area contributed by atoms with E-state index < -0.39 is 29.6 Å². The molecule has 0 aliphatic rings. The summed E-state index contributed by atoms with van der Waals surface area (Å²) in [5.74, 6) is -1.40. The molecule has 1 atom stereocenters. The van der Waals surface area contributed by atoms with Gasteiger partial charge in [-0.1, -0.05) is 29.8 Å². The van der Waals surface area contributed by atoms with Crippen LogP contribution in [0, 0.1) is 11.6 Å². The quantitative estimate of drug-likeness (QED) is 0.726. The Hall–Kier alpha value is -2.67. The molecule has 25 heavy (non-hydrogen) atoms. The van der Waals surface area contributed by atoms with E-state index >= 15 is 0 Å². The Morgan fingerprint density at radius 3 is 2.40 bits per heavy atom. The van der Waals surface area contributed by atoms with Crippen molar-refractivity contribution in [1.29, 1.82) is 0 Å². The topological polar surface area (TPSA) is 70.2 Å². The molecule has 0 fully saturated rings. The van der Waals surface area contributed by atoms with Crippen LogP contribution in [0.1, 0.15) is 24.1 Å². The van der Waals surface area contributed by atoms with Crippen LogP contribution in [0.3, 0.4) is 0 Å². The third kappa shape index (κ3) is 5.72. The maximum absolute atomic E-state index is 13.1. The van der Waals surface area contributed by atoms with Crippen molar-refractivity contribution in [2.24, 2.45) is 0 Å². The summed E-state index contributed by atoms with van der Waals surface area (Å²) in [4.78, 5) is 23.5. The van der Waals surface area contributed by atoms with Gasteiger partial charge in [-0.2, -0.15) is 0 Å². The lowest BCUT2D eigenvalue weighted by Gasteiger charge is -2.16. The van der Waals surface area contributed by atoms with E-state index in [4.69, 9.17) is 11.6 Å². The number of hydrazine groups is 1. The van der Waals surface area contributed by atoms with Gasteiger partial charge in [0.25, 0.3) is 0 Å². The van der Waals surface area contributed by atoms with Gasteiger partial charge in [0.2, 0.25) is 5.91 Å². The highest BCUT2D eigenvalue weighted by Gasteiger charge is 2.12. The fourth-order valence-electron chi connectivity index (χ4n) is 2.06. The molecule has 8 heteroatoms. The second-order valence-corrected chi connectivity index (χ2v) is 5.75. The molecule has 2 aromatic carbocycles. The number of hydrogen-bond donors (Lipinski definition) is 3. The van der Waals surface area contributed by atoms with Crippen LogP contribution >= 0.6 is 11.6 Å². The van der Waals surface area contributed by atoms with E-state index in [1.54, 1.807) is 6.92 Å². The Morgan fingerprint density at radius 2 is 1.76 bits per heavy atom. The molecule has 132 valence electrons. The Labute approximate surface area is 148 Å². The number of amides is 3. The smallest absolute Gasteiger partial charge is 0.330 e. The summed E-state index contributed by atoms with van der Waals surface area (Å²) >= 11 is 5.70. The normalized spacial score (nSPS) is 11.5. The zero-order chi connectivity index (χ0) is 18.4. The maximum Gasteiger partial charge on any atom is 0.333 e. The van der Waals surface area contributed by atoms with E-state index in [-0.39, 0.29) is 11.4 Å². The predicted octanol–water partition coefficient (Wildman–Crippen LogP) is 3.25. The van der Waals surface area contributed by atoms with E-state index in [0.29, 0.717) is 11.1 Å². The fourth-order valence-corrected chi connectivity index (χ4v) is 2.25. The van der Waals surface area contributed by atoms with Gasteiger partial charge < -0.3 is 5.32 Å². The molecular formula is C17H16ClF2N3O2. The van der Waals surface area contributed by atoms with Crippen molar-refractivity contribution >= 4 is 23.5 Å². The van der Waals surface area contributed by atoms with Gasteiger partial charge in [0.15, 0.2) is 0 Å². The van der Waals surface area contributed by atoms with Crippen molar-refractivity contribution < 1.29 is 18.4 Å². The molecule has 0 aliphatic heterocycles. The van der Waals surface area contributed by atoms with Crippen LogP contribution in [-0.4, -0.2) is 11.9 Å². The summed E-state index contributed by atoms with van der Waals surface area (Å²) in [6, 6.07) is 8.49. The maximum atomic E-state index is 13.1. The van der Waals surface area contributed by atoms with Crippen LogP contribution in [0.5, 0.6) is 0 Å². The van der Waals surface area contributed by atoms with Crippen LogP contribution in [0.25, 0.3) is 0 Å². The summed E-state index contributed by atoms with van der Waals surface area (Å²) in [7, 11) is 0. The minimum Gasteiger partial charge on any atom is -0.330 e. The number of halogens is 3. The first-order valence-electron chi connectivity index (χ1n) is 7.40. The molecule has 0 radical (unpaired) electrons. The van der Waals surface area contributed by atoms with Gasteiger partial charge in [-0.3, -0.25) is 10.2 Å². The van der Waals surface area contributed by atoms with Crippen LogP contribution in [-0.2, 0) is 11.2 Å². The summed E-state index contributed by atoms with van der Waals surface area (Å²) < 4.78 is 25.9. The molecule has 0 saturated carbocycles. The fraction of sp³-hybridized carbons (Fsp3) is 0.176. The highest BCUT2D eigenvalue weighted by atomic mass is 35.5. The van der Waals surface area contributed by atoms with Crippen molar-refractivity contribution in [3.8, 4) is 0 Å². The standard InChI is InChI=1S/C17H16ClF2N3O2/c1-10(12-4-7-15(20)14(18)9-12)21-17(25)23-22-16(24)8-11-2-5-13(19)6-3-11/h2-7,9-10H,8H2,1H3,(H,22,24)(H2,21,23,25). The van der Waals surface area contributed by atoms with Gasteiger partial charge in [0, 0.05) is 0 Å². The molecule has 2 rings (SSSR count). The average Bonchev–Trinajstić information content (AvgIpc) is 2.57. The first-order valence-corrected chi connectivity index (χ1v) is 7.77.